The van der Waals surface area contributed by atoms with Crippen LogP contribution in [-0.2, 0) is 5.41 Å². The Balaban J connectivity index is 2.37. The summed E-state index contributed by atoms with van der Waals surface area (Å²) in [5, 5.41) is 0. The molecule has 0 spiro atoms. The van der Waals surface area contributed by atoms with Crippen LogP contribution in [0.4, 0.5) is 0 Å². The third-order valence-electron chi connectivity index (χ3n) is 4.64. The quantitative estimate of drug-likeness (QED) is 0.670. The van der Waals surface area contributed by atoms with Gasteiger partial charge in [-0.3, -0.25) is 0 Å². The normalized spacial score (nSPS) is 14.6. The molecule has 0 aromatic heterocycles. The fraction of sp³-hybridized carbons (Fsp3) is 0.263. The van der Waals surface area contributed by atoms with Gasteiger partial charge in [0.2, 0.25) is 0 Å². The van der Waals surface area contributed by atoms with Crippen LogP contribution in [-0.4, -0.2) is 0 Å². The maximum atomic E-state index is 5.57. The van der Waals surface area contributed by atoms with Gasteiger partial charge in [-0.25, -0.2) is 0 Å². The highest BCUT2D eigenvalue weighted by Gasteiger charge is 2.40. The number of hydrogen-bond acceptors (Lipinski definition) is 0. The van der Waals surface area contributed by atoms with E-state index in [0.717, 1.165) is 18.4 Å². The molecule has 0 aliphatic heterocycles. The van der Waals surface area contributed by atoms with Crippen molar-refractivity contribution in [1.82, 2.24) is 0 Å². The number of benzene rings is 2. The molecule has 0 heteroatoms. The van der Waals surface area contributed by atoms with Gasteiger partial charge in [-0.05, 0) is 47.2 Å². The summed E-state index contributed by atoms with van der Waals surface area (Å²) >= 11 is 0. The van der Waals surface area contributed by atoms with Gasteiger partial charge in [-0.1, -0.05) is 50.1 Å². The van der Waals surface area contributed by atoms with Gasteiger partial charge in [-0.15, -0.1) is 6.42 Å². The van der Waals surface area contributed by atoms with E-state index < -0.39 is 0 Å². The summed E-state index contributed by atoms with van der Waals surface area (Å²) in [6.45, 7) is 4.55. The lowest BCUT2D eigenvalue weighted by atomic mass is 9.73. The van der Waals surface area contributed by atoms with Gasteiger partial charge in [0.1, 0.15) is 0 Å². The fourth-order valence-electron chi connectivity index (χ4n) is 3.56. The minimum atomic E-state index is 0.138. The van der Waals surface area contributed by atoms with E-state index >= 15 is 0 Å². The first-order valence-corrected chi connectivity index (χ1v) is 6.98. The molecule has 0 heterocycles. The summed E-state index contributed by atoms with van der Waals surface area (Å²) in [4.78, 5) is 0. The highest BCUT2D eigenvalue weighted by atomic mass is 14.4. The number of terminal acetylenes is 1. The molecule has 94 valence electrons. The second-order valence-electron chi connectivity index (χ2n) is 5.24. The molecule has 0 radical (unpaired) electrons. The highest BCUT2D eigenvalue weighted by Crippen LogP contribution is 2.52. The Morgan fingerprint density at radius 1 is 0.947 bits per heavy atom. The van der Waals surface area contributed by atoms with Crippen LogP contribution in [0.5, 0.6) is 0 Å². The van der Waals surface area contributed by atoms with Gasteiger partial charge in [0.05, 0.1) is 0 Å². The lowest BCUT2D eigenvalue weighted by molar-refractivity contribution is 0.490. The molecule has 0 saturated heterocycles. The van der Waals surface area contributed by atoms with E-state index in [1.54, 1.807) is 0 Å². The second kappa shape index (κ2) is 4.28. The average molecular weight is 246 g/mol. The lowest BCUT2D eigenvalue weighted by Crippen LogP contribution is -2.23. The summed E-state index contributed by atoms with van der Waals surface area (Å²) in [6, 6.07) is 15.2. The van der Waals surface area contributed by atoms with Crippen LogP contribution in [0.25, 0.3) is 11.1 Å². The highest BCUT2D eigenvalue weighted by molar-refractivity contribution is 5.81. The Kier molecular flexibility index (Phi) is 2.72. The van der Waals surface area contributed by atoms with Crippen LogP contribution in [0.15, 0.2) is 42.5 Å². The maximum Gasteiger partial charge on any atom is 0.0246 e. The van der Waals surface area contributed by atoms with Gasteiger partial charge in [0.25, 0.3) is 0 Å². The second-order valence-corrected chi connectivity index (χ2v) is 5.24. The van der Waals surface area contributed by atoms with Crippen LogP contribution < -0.4 is 0 Å². The topological polar surface area (TPSA) is 0 Å². The van der Waals surface area contributed by atoms with Gasteiger partial charge in [0, 0.05) is 11.0 Å². The Morgan fingerprint density at radius 3 is 2.32 bits per heavy atom. The van der Waals surface area contributed by atoms with Crippen molar-refractivity contribution in [2.75, 3.05) is 0 Å². The van der Waals surface area contributed by atoms with Gasteiger partial charge < -0.3 is 0 Å². The molecule has 1 aliphatic carbocycles. The predicted octanol–water partition coefficient (Wildman–Crippen LogP) is 4.75. The third kappa shape index (κ3) is 1.48. The molecule has 2 aromatic carbocycles. The van der Waals surface area contributed by atoms with Crippen molar-refractivity contribution in [2.45, 2.75) is 32.1 Å². The van der Waals surface area contributed by atoms with E-state index in [9.17, 15) is 0 Å². The molecule has 19 heavy (non-hydrogen) atoms. The summed E-state index contributed by atoms with van der Waals surface area (Å²) in [5.41, 5.74) is 6.73. The van der Waals surface area contributed by atoms with Gasteiger partial charge >= 0.3 is 0 Å². The van der Waals surface area contributed by atoms with Crippen LogP contribution in [0.3, 0.4) is 0 Å². The maximum absolute atomic E-state index is 5.57. The Bertz CT molecular complexity index is 667. The molecule has 0 nitrogen and oxygen atoms in total. The van der Waals surface area contributed by atoms with Crippen molar-refractivity contribution in [3.05, 3.63) is 59.2 Å². The van der Waals surface area contributed by atoms with Crippen LogP contribution in [0.1, 0.15) is 43.4 Å². The minimum Gasteiger partial charge on any atom is -0.115 e. The van der Waals surface area contributed by atoms with E-state index in [1.807, 2.05) is 0 Å². The molecule has 0 atom stereocenters. The fourth-order valence-corrected chi connectivity index (χ4v) is 3.56. The monoisotopic (exact) mass is 246 g/mol. The number of fused-ring (bicyclic) bond motifs is 3. The van der Waals surface area contributed by atoms with E-state index in [4.69, 9.17) is 6.42 Å². The lowest BCUT2D eigenvalue weighted by Gasteiger charge is -2.29. The predicted molar refractivity (Wildman–Crippen MR) is 81.2 cm³/mol. The van der Waals surface area contributed by atoms with E-state index in [1.165, 1.54) is 22.3 Å². The number of rotatable bonds is 2. The molecular formula is C19H18. The minimum absolute atomic E-state index is 0.138. The molecular weight excluding hydrogens is 228 g/mol. The van der Waals surface area contributed by atoms with E-state index in [0.29, 0.717) is 0 Å². The average Bonchev–Trinajstić information content (AvgIpc) is 2.77. The van der Waals surface area contributed by atoms with Crippen molar-refractivity contribution in [3.8, 4) is 23.5 Å². The van der Waals surface area contributed by atoms with E-state index in [2.05, 4.69) is 62.2 Å². The molecule has 2 aromatic rings. The zero-order chi connectivity index (χ0) is 13.5. The van der Waals surface area contributed by atoms with Crippen molar-refractivity contribution >= 4 is 0 Å². The summed E-state index contributed by atoms with van der Waals surface area (Å²) in [5.74, 6) is 2.77. The Morgan fingerprint density at radius 2 is 1.63 bits per heavy atom. The van der Waals surface area contributed by atoms with Crippen LogP contribution >= 0.6 is 0 Å². The molecule has 0 bridgehead atoms. The van der Waals surface area contributed by atoms with Crippen LogP contribution in [0.2, 0.25) is 0 Å². The Labute approximate surface area is 115 Å². The summed E-state index contributed by atoms with van der Waals surface area (Å²) in [7, 11) is 0. The van der Waals surface area contributed by atoms with Gasteiger partial charge in [-0.2, -0.15) is 0 Å². The SMILES string of the molecule is C#Cc1ccc2c(c1)C(CC)(CC)c1ccccc1-2. The number of hydrogen-bond donors (Lipinski definition) is 0. The zero-order valence-electron chi connectivity index (χ0n) is 11.5. The molecule has 3 rings (SSSR count). The molecule has 0 fully saturated rings. The summed E-state index contributed by atoms with van der Waals surface area (Å²) < 4.78 is 0. The first-order valence-electron chi connectivity index (χ1n) is 6.98. The van der Waals surface area contributed by atoms with Crippen molar-refractivity contribution in [1.29, 1.82) is 0 Å². The zero-order valence-corrected chi connectivity index (χ0v) is 11.5. The van der Waals surface area contributed by atoms with Crippen molar-refractivity contribution < 1.29 is 0 Å². The first kappa shape index (κ1) is 12.1. The smallest absolute Gasteiger partial charge is 0.0246 e. The largest absolute Gasteiger partial charge is 0.115 e. The molecule has 0 amide bonds. The molecule has 0 N–H and O–H groups in total. The summed E-state index contributed by atoms with van der Waals surface area (Å²) in [6.07, 6.45) is 7.80. The van der Waals surface area contributed by atoms with Crippen molar-refractivity contribution in [3.63, 3.8) is 0 Å². The third-order valence-corrected chi connectivity index (χ3v) is 4.64. The molecule has 1 aliphatic rings. The van der Waals surface area contributed by atoms with Gasteiger partial charge in [0.15, 0.2) is 0 Å². The molecule has 0 unspecified atom stereocenters. The van der Waals surface area contributed by atoms with Crippen molar-refractivity contribution in [2.24, 2.45) is 0 Å². The first-order chi connectivity index (χ1) is 9.26. The Hall–Kier alpha value is -2.00. The molecule has 0 saturated carbocycles. The van der Waals surface area contributed by atoms with Crippen LogP contribution in [0, 0.1) is 12.3 Å². The standard InChI is InChI=1S/C19H18/c1-4-14-11-12-16-15-9-7-8-10-17(15)19(5-2,6-3)18(16)13-14/h1,7-13H,5-6H2,2-3H3. The van der Waals surface area contributed by atoms with E-state index in [-0.39, 0.29) is 5.41 Å².